The van der Waals surface area contributed by atoms with E-state index in [0.29, 0.717) is 24.3 Å². The first-order valence-corrected chi connectivity index (χ1v) is 9.07. The van der Waals surface area contributed by atoms with Crippen LogP contribution in [0.3, 0.4) is 0 Å². The fraction of sp³-hybridized carbons (Fsp3) is 0.714. The van der Waals surface area contributed by atoms with E-state index < -0.39 is 10.0 Å². The molecule has 0 spiro atoms. The van der Waals surface area contributed by atoms with Crippen molar-refractivity contribution in [1.82, 2.24) is 14.7 Å². The third-order valence-electron chi connectivity index (χ3n) is 4.05. The van der Waals surface area contributed by atoms with Crippen molar-refractivity contribution >= 4 is 16.0 Å². The van der Waals surface area contributed by atoms with Crippen molar-refractivity contribution in [1.29, 1.82) is 0 Å². The molecule has 6 nitrogen and oxygen atoms in total. The van der Waals surface area contributed by atoms with Crippen LogP contribution in [0.15, 0.2) is 17.3 Å². The van der Waals surface area contributed by atoms with E-state index in [0.717, 1.165) is 19.4 Å². The summed E-state index contributed by atoms with van der Waals surface area (Å²) in [6.07, 6.45) is 7.14. The van der Waals surface area contributed by atoms with Crippen LogP contribution in [0.4, 0.5) is 5.95 Å². The van der Waals surface area contributed by atoms with Gasteiger partial charge in [-0.2, -0.15) is 0 Å². The summed E-state index contributed by atoms with van der Waals surface area (Å²) in [5.41, 5.74) is 0. The van der Waals surface area contributed by atoms with E-state index in [1.54, 1.807) is 0 Å². The van der Waals surface area contributed by atoms with Crippen molar-refractivity contribution in [2.75, 3.05) is 18.4 Å². The maximum Gasteiger partial charge on any atom is 0.243 e. The molecule has 0 aromatic carbocycles. The van der Waals surface area contributed by atoms with Crippen molar-refractivity contribution in [3.63, 3.8) is 0 Å². The lowest BCUT2D eigenvalue weighted by Crippen LogP contribution is -2.30. The van der Waals surface area contributed by atoms with E-state index in [9.17, 15) is 8.42 Å². The van der Waals surface area contributed by atoms with E-state index in [1.807, 2.05) is 6.92 Å². The Morgan fingerprint density at radius 1 is 1.29 bits per heavy atom. The largest absolute Gasteiger partial charge is 0.354 e. The monoisotopic (exact) mass is 312 g/mol. The lowest BCUT2D eigenvalue weighted by atomic mass is 9.99. The molecule has 1 saturated carbocycles. The number of rotatable bonds is 7. The SMILES string of the molecule is CCCNc1ncc(S(=O)(=O)NCC2CCCC2C)cn1. The van der Waals surface area contributed by atoms with Crippen LogP contribution in [0.5, 0.6) is 0 Å². The molecule has 118 valence electrons. The summed E-state index contributed by atoms with van der Waals surface area (Å²) in [6.45, 7) is 5.49. The molecule has 0 bridgehead atoms. The summed E-state index contributed by atoms with van der Waals surface area (Å²) in [6, 6.07) is 0. The zero-order chi connectivity index (χ0) is 15.3. The van der Waals surface area contributed by atoms with Crippen molar-refractivity contribution < 1.29 is 8.42 Å². The van der Waals surface area contributed by atoms with Crippen LogP contribution >= 0.6 is 0 Å². The van der Waals surface area contributed by atoms with Gasteiger partial charge in [0.05, 0.1) is 12.4 Å². The van der Waals surface area contributed by atoms with Gasteiger partial charge in [-0.3, -0.25) is 0 Å². The predicted molar refractivity (Wildman–Crippen MR) is 82.5 cm³/mol. The van der Waals surface area contributed by atoms with E-state index in [-0.39, 0.29) is 4.90 Å². The molecule has 1 heterocycles. The second-order valence-electron chi connectivity index (χ2n) is 5.69. The first-order chi connectivity index (χ1) is 10.0. The second kappa shape index (κ2) is 7.17. The van der Waals surface area contributed by atoms with Crippen LogP contribution in [0, 0.1) is 11.8 Å². The molecule has 2 atom stereocenters. The Bertz CT molecular complexity index is 545. The van der Waals surface area contributed by atoms with Gasteiger partial charge in [0, 0.05) is 13.1 Å². The highest BCUT2D eigenvalue weighted by atomic mass is 32.2. The molecule has 0 aliphatic heterocycles. The third-order valence-corrected chi connectivity index (χ3v) is 5.42. The molecule has 0 saturated heterocycles. The highest BCUT2D eigenvalue weighted by Crippen LogP contribution is 2.30. The van der Waals surface area contributed by atoms with E-state index in [1.165, 1.54) is 25.2 Å². The number of hydrogen-bond acceptors (Lipinski definition) is 5. The molecule has 7 heteroatoms. The number of sulfonamides is 1. The Kier molecular flexibility index (Phi) is 5.52. The van der Waals surface area contributed by atoms with Crippen molar-refractivity contribution in [2.45, 2.75) is 44.4 Å². The second-order valence-corrected chi connectivity index (χ2v) is 7.46. The summed E-state index contributed by atoms with van der Waals surface area (Å²) in [4.78, 5) is 8.19. The average Bonchev–Trinajstić information content (AvgIpc) is 2.89. The minimum absolute atomic E-state index is 0.121. The van der Waals surface area contributed by atoms with Gasteiger partial charge in [-0.05, 0) is 24.7 Å². The molecule has 0 radical (unpaired) electrons. The Hall–Kier alpha value is -1.21. The Balaban J connectivity index is 1.95. The Morgan fingerprint density at radius 3 is 2.57 bits per heavy atom. The normalized spacial score (nSPS) is 22.4. The molecule has 2 unspecified atom stereocenters. The number of nitrogens with one attached hydrogen (secondary N) is 2. The smallest absolute Gasteiger partial charge is 0.243 e. The van der Waals surface area contributed by atoms with Gasteiger partial charge in [-0.15, -0.1) is 0 Å². The number of nitrogens with zero attached hydrogens (tertiary/aromatic N) is 2. The summed E-state index contributed by atoms with van der Waals surface area (Å²) < 4.78 is 27.1. The highest BCUT2D eigenvalue weighted by molar-refractivity contribution is 7.89. The molecule has 1 fully saturated rings. The van der Waals surface area contributed by atoms with Crippen LogP contribution in [-0.4, -0.2) is 31.5 Å². The standard InChI is InChI=1S/C14H24N4O2S/c1-3-7-15-14-16-9-13(10-17-14)21(19,20)18-8-12-6-4-5-11(12)2/h9-12,18H,3-8H2,1-2H3,(H,15,16,17). The predicted octanol–water partition coefficient (Wildman–Crippen LogP) is 2.01. The number of aromatic nitrogens is 2. The maximum absolute atomic E-state index is 12.2. The van der Waals surface area contributed by atoms with Crippen LogP contribution in [0.1, 0.15) is 39.5 Å². The molecule has 1 aliphatic rings. The van der Waals surface area contributed by atoms with Gasteiger partial charge in [-0.1, -0.05) is 26.7 Å². The number of hydrogen-bond donors (Lipinski definition) is 2. The molecule has 1 aromatic rings. The van der Waals surface area contributed by atoms with E-state index in [4.69, 9.17) is 0 Å². The molecule has 2 N–H and O–H groups in total. The molecule has 21 heavy (non-hydrogen) atoms. The van der Waals surface area contributed by atoms with Crippen LogP contribution in [0.25, 0.3) is 0 Å². The van der Waals surface area contributed by atoms with Gasteiger partial charge >= 0.3 is 0 Å². The summed E-state index contributed by atoms with van der Waals surface area (Å²) in [5, 5.41) is 3.02. The molecule has 0 amide bonds. The Morgan fingerprint density at radius 2 is 2.00 bits per heavy atom. The lowest BCUT2D eigenvalue weighted by molar-refractivity contribution is 0.414. The van der Waals surface area contributed by atoms with Crippen LogP contribution < -0.4 is 10.0 Å². The van der Waals surface area contributed by atoms with Gasteiger partial charge in [0.1, 0.15) is 4.90 Å². The quantitative estimate of drug-likeness (QED) is 0.804. The third kappa shape index (κ3) is 4.38. The average molecular weight is 312 g/mol. The van der Waals surface area contributed by atoms with Gasteiger partial charge in [0.15, 0.2) is 0 Å². The van der Waals surface area contributed by atoms with Crippen molar-refractivity contribution in [3.8, 4) is 0 Å². The summed E-state index contributed by atoms with van der Waals surface area (Å²) >= 11 is 0. The highest BCUT2D eigenvalue weighted by Gasteiger charge is 2.25. The summed E-state index contributed by atoms with van der Waals surface area (Å²) in [7, 11) is -3.51. The van der Waals surface area contributed by atoms with Gasteiger partial charge < -0.3 is 5.32 Å². The van der Waals surface area contributed by atoms with E-state index >= 15 is 0 Å². The minimum Gasteiger partial charge on any atom is -0.354 e. The zero-order valence-electron chi connectivity index (χ0n) is 12.7. The zero-order valence-corrected chi connectivity index (χ0v) is 13.5. The molecular weight excluding hydrogens is 288 g/mol. The molecular formula is C14H24N4O2S. The lowest BCUT2D eigenvalue weighted by Gasteiger charge is -2.15. The van der Waals surface area contributed by atoms with Crippen molar-refractivity contribution in [2.24, 2.45) is 11.8 Å². The first-order valence-electron chi connectivity index (χ1n) is 7.58. The van der Waals surface area contributed by atoms with Gasteiger partial charge in [0.25, 0.3) is 0 Å². The van der Waals surface area contributed by atoms with E-state index in [2.05, 4.69) is 26.9 Å². The molecule has 1 aliphatic carbocycles. The molecule has 2 rings (SSSR count). The summed E-state index contributed by atoms with van der Waals surface area (Å²) in [5.74, 6) is 1.48. The fourth-order valence-corrected chi connectivity index (χ4v) is 3.59. The van der Waals surface area contributed by atoms with Crippen molar-refractivity contribution in [3.05, 3.63) is 12.4 Å². The van der Waals surface area contributed by atoms with Gasteiger partial charge in [0.2, 0.25) is 16.0 Å². The fourth-order valence-electron chi connectivity index (χ4n) is 2.61. The number of anilines is 1. The minimum atomic E-state index is -3.51. The van der Waals surface area contributed by atoms with Crippen LogP contribution in [0.2, 0.25) is 0 Å². The maximum atomic E-state index is 12.2. The first kappa shape index (κ1) is 16.2. The molecule has 1 aromatic heterocycles. The van der Waals surface area contributed by atoms with Gasteiger partial charge in [-0.25, -0.2) is 23.1 Å². The Labute approximate surface area is 126 Å². The van der Waals surface area contributed by atoms with Crippen LogP contribution in [-0.2, 0) is 10.0 Å². The topological polar surface area (TPSA) is 84.0 Å².